The topological polar surface area (TPSA) is 64.3 Å². The van der Waals surface area contributed by atoms with Gasteiger partial charge in [-0.15, -0.1) is 0 Å². The number of halogens is 1. The minimum atomic E-state index is -0.283. The van der Waals surface area contributed by atoms with Crippen LogP contribution in [0.25, 0.3) is 0 Å². The van der Waals surface area contributed by atoms with Crippen molar-refractivity contribution in [3.63, 3.8) is 0 Å². The second-order valence-electron chi connectivity index (χ2n) is 9.89. The lowest BCUT2D eigenvalue weighted by Gasteiger charge is -2.37. The molecule has 0 atom stereocenters. The Labute approximate surface area is 202 Å². The van der Waals surface area contributed by atoms with Crippen molar-refractivity contribution in [1.29, 1.82) is 5.26 Å². The number of nitrogens with zero attached hydrogens (tertiary/aromatic N) is 4. The Balaban J connectivity index is 1.36. The van der Waals surface area contributed by atoms with E-state index < -0.39 is 0 Å². The zero-order valence-electron chi connectivity index (χ0n) is 20.4. The molecule has 1 aromatic carbocycles. The molecule has 2 aliphatic rings. The molecule has 4 rings (SSSR count). The molecule has 1 aromatic heterocycles. The van der Waals surface area contributed by atoms with Crippen molar-refractivity contribution in [3.8, 4) is 6.07 Å². The zero-order chi connectivity index (χ0) is 24.1. The summed E-state index contributed by atoms with van der Waals surface area (Å²) in [6, 6.07) is 8.58. The molecular weight excluding hydrogens is 429 g/mol. The van der Waals surface area contributed by atoms with Crippen molar-refractivity contribution >= 4 is 11.7 Å². The van der Waals surface area contributed by atoms with E-state index in [2.05, 4.69) is 21.2 Å². The highest BCUT2D eigenvalue weighted by molar-refractivity contribution is 5.93. The van der Waals surface area contributed by atoms with E-state index in [0.717, 1.165) is 48.9 Å². The van der Waals surface area contributed by atoms with Crippen molar-refractivity contribution in [2.75, 3.05) is 44.6 Å². The summed E-state index contributed by atoms with van der Waals surface area (Å²) < 4.78 is 15.3. The quantitative estimate of drug-likeness (QED) is 0.662. The average Bonchev–Trinajstić information content (AvgIpc) is 3.06. The summed E-state index contributed by atoms with van der Waals surface area (Å²) in [5.41, 5.74) is 3.18. The van der Waals surface area contributed by atoms with Crippen LogP contribution in [0.3, 0.4) is 0 Å². The molecule has 182 valence electrons. The van der Waals surface area contributed by atoms with E-state index in [9.17, 15) is 14.4 Å². The Kier molecular flexibility index (Phi) is 8.02. The summed E-state index contributed by atoms with van der Waals surface area (Å²) in [7, 11) is 0. The molecule has 0 spiro atoms. The fourth-order valence-corrected chi connectivity index (χ4v) is 5.34. The van der Waals surface area contributed by atoms with Crippen molar-refractivity contribution in [3.05, 3.63) is 52.5 Å². The fraction of sp³-hybridized carbons (Fsp3) is 0.556. The molecule has 1 N–H and O–H groups in total. The summed E-state index contributed by atoms with van der Waals surface area (Å²) in [6.45, 7) is 9.61. The van der Waals surface area contributed by atoms with E-state index in [0.29, 0.717) is 24.5 Å². The van der Waals surface area contributed by atoms with Gasteiger partial charge in [-0.1, -0.05) is 31.4 Å². The van der Waals surface area contributed by atoms with Crippen molar-refractivity contribution in [2.24, 2.45) is 5.92 Å². The molecule has 2 fully saturated rings. The Hall–Kier alpha value is -2.69. The number of rotatable bonds is 7. The summed E-state index contributed by atoms with van der Waals surface area (Å²) in [6.07, 6.45) is 6.86. The summed E-state index contributed by atoms with van der Waals surface area (Å²) in [4.78, 5) is 17.7. The van der Waals surface area contributed by atoms with E-state index in [1.54, 1.807) is 12.1 Å². The molecule has 1 aliphatic heterocycles. The highest BCUT2D eigenvalue weighted by Crippen LogP contribution is 2.28. The van der Waals surface area contributed by atoms with Crippen LogP contribution in [0.4, 0.5) is 10.2 Å². The van der Waals surface area contributed by atoms with Crippen molar-refractivity contribution in [1.82, 2.24) is 14.4 Å². The standard InChI is InChI=1S/C27H36FN5O/c1-20-21(2)33(18-23-8-10-24(28)11-9-23)27(25(20)16-29)30-26(34)19-32-14-12-31(13-15-32)17-22-6-4-3-5-7-22/h8-11,22H,3-7,12-15,17-19H2,1-2H3,(H,30,34). The van der Waals surface area contributed by atoms with Gasteiger partial charge in [-0.05, 0) is 55.9 Å². The van der Waals surface area contributed by atoms with Crippen molar-refractivity contribution < 1.29 is 9.18 Å². The third-order valence-corrected chi connectivity index (χ3v) is 7.53. The van der Waals surface area contributed by atoms with Gasteiger partial charge in [0.25, 0.3) is 0 Å². The first-order valence-corrected chi connectivity index (χ1v) is 12.5. The first-order valence-electron chi connectivity index (χ1n) is 12.5. The van der Waals surface area contributed by atoms with Gasteiger partial charge in [0.1, 0.15) is 17.7 Å². The van der Waals surface area contributed by atoms with Gasteiger partial charge >= 0.3 is 0 Å². The Morgan fingerprint density at radius 1 is 1.06 bits per heavy atom. The van der Waals surface area contributed by atoms with Crippen LogP contribution in [0.5, 0.6) is 0 Å². The Bertz CT molecular complexity index is 1020. The van der Waals surface area contributed by atoms with Crippen LogP contribution in [-0.4, -0.2) is 59.5 Å². The predicted molar refractivity (Wildman–Crippen MR) is 132 cm³/mol. The molecule has 0 bridgehead atoms. The van der Waals surface area contributed by atoms with Gasteiger partial charge in [0.15, 0.2) is 0 Å². The third-order valence-electron chi connectivity index (χ3n) is 7.53. The van der Waals surface area contributed by atoms with E-state index in [4.69, 9.17) is 0 Å². The monoisotopic (exact) mass is 465 g/mol. The molecule has 2 heterocycles. The molecule has 1 amide bonds. The van der Waals surface area contributed by atoms with Gasteiger partial charge < -0.3 is 14.8 Å². The number of nitriles is 1. The predicted octanol–water partition coefficient (Wildman–Crippen LogP) is 4.30. The molecule has 0 radical (unpaired) electrons. The maximum Gasteiger partial charge on any atom is 0.239 e. The number of piperazine rings is 1. The lowest BCUT2D eigenvalue weighted by molar-refractivity contribution is -0.117. The number of amides is 1. The van der Waals surface area contributed by atoms with Crippen molar-refractivity contribution in [2.45, 2.75) is 52.5 Å². The van der Waals surface area contributed by atoms with Crippen LogP contribution in [0, 0.1) is 36.9 Å². The number of hydrogen-bond acceptors (Lipinski definition) is 4. The SMILES string of the molecule is Cc1c(C#N)c(NC(=O)CN2CCN(CC3CCCCC3)CC2)n(Cc2ccc(F)cc2)c1C. The van der Waals surface area contributed by atoms with Gasteiger partial charge in [0.2, 0.25) is 5.91 Å². The van der Waals surface area contributed by atoms with Crippen LogP contribution in [0.1, 0.15) is 54.5 Å². The third kappa shape index (κ3) is 5.86. The Morgan fingerprint density at radius 3 is 2.35 bits per heavy atom. The van der Waals surface area contributed by atoms with Gasteiger partial charge in [-0.25, -0.2) is 4.39 Å². The maximum atomic E-state index is 13.3. The molecule has 7 heteroatoms. The van der Waals surface area contributed by atoms with E-state index >= 15 is 0 Å². The van der Waals surface area contributed by atoms with Crippen LogP contribution in [0.15, 0.2) is 24.3 Å². The number of benzene rings is 1. The number of anilines is 1. The molecule has 0 unspecified atom stereocenters. The maximum absolute atomic E-state index is 13.3. The van der Waals surface area contributed by atoms with Crippen LogP contribution in [0.2, 0.25) is 0 Å². The van der Waals surface area contributed by atoms with Gasteiger partial charge in [-0.3, -0.25) is 9.69 Å². The second kappa shape index (κ2) is 11.2. The van der Waals surface area contributed by atoms with Crippen LogP contribution in [-0.2, 0) is 11.3 Å². The van der Waals surface area contributed by atoms with Gasteiger partial charge in [0, 0.05) is 45.0 Å². The van der Waals surface area contributed by atoms with Crippen LogP contribution < -0.4 is 5.32 Å². The summed E-state index contributed by atoms with van der Waals surface area (Å²) in [5.74, 6) is 0.987. The summed E-state index contributed by atoms with van der Waals surface area (Å²) >= 11 is 0. The number of hydrogen-bond donors (Lipinski definition) is 1. The first kappa shape index (κ1) is 24.4. The highest BCUT2D eigenvalue weighted by Gasteiger charge is 2.24. The zero-order valence-corrected chi connectivity index (χ0v) is 20.4. The smallest absolute Gasteiger partial charge is 0.239 e. The summed E-state index contributed by atoms with van der Waals surface area (Å²) in [5, 5.41) is 12.8. The highest BCUT2D eigenvalue weighted by atomic mass is 19.1. The molecule has 34 heavy (non-hydrogen) atoms. The second-order valence-corrected chi connectivity index (χ2v) is 9.89. The largest absolute Gasteiger partial charge is 0.326 e. The molecule has 2 aromatic rings. The normalized spacial score (nSPS) is 18.1. The van der Waals surface area contributed by atoms with E-state index in [1.165, 1.54) is 50.8 Å². The number of carbonyl (C=O) groups is 1. The first-order chi connectivity index (χ1) is 16.4. The van der Waals surface area contributed by atoms with E-state index in [1.807, 2.05) is 18.4 Å². The Morgan fingerprint density at radius 2 is 1.71 bits per heavy atom. The molecule has 1 saturated carbocycles. The number of aromatic nitrogens is 1. The minimum absolute atomic E-state index is 0.102. The fourth-order valence-electron chi connectivity index (χ4n) is 5.34. The number of nitrogens with one attached hydrogen (secondary N) is 1. The molecule has 1 aliphatic carbocycles. The van der Waals surface area contributed by atoms with Gasteiger partial charge in [-0.2, -0.15) is 5.26 Å². The van der Waals surface area contributed by atoms with Gasteiger partial charge in [0.05, 0.1) is 12.1 Å². The lowest BCUT2D eigenvalue weighted by Crippen LogP contribution is -2.49. The molecule has 6 nitrogen and oxygen atoms in total. The van der Waals surface area contributed by atoms with Crippen LogP contribution >= 0.6 is 0 Å². The lowest BCUT2D eigenvalue weighted by atomic mass is 9.89. The van der Waals surface area contributed by atoms with E-state index in [-0.39, 0.29) is 11.7 Å². The minimum Gasteiger partial charge on any atom is -0.326 e. The average molecular weight is 466 g/mol. The molecule has 1 saturated heterocycles. The molecular formula is C27H36FN5O. The number of carbonyl (C=O) groups excluding carboxylic acids is 1.